The Balaban J connectivity index is 2.89. The van der Waals surface area contributed by atoms with Crippen molar-refractivity contribution in [1.82, 2.24) is 0 Å². The molecule has 0 saturated heterocycles. The fourth-order valence-electron chi connectivity index (χ4n) is 2.46. The summed E-state index contributed by atoms with van der Waals surface area (Å²) < 4.78 is 0. The maximum atomic E-state index is 11.7. The van der Waals surface area contributed by atoms with E-state index in [2.05, 4.69) is 39.0 Å². The highest BCUT2D eigenvalue weighted by Crippen LogP contribution is 2.23. The Morgan fingerprint density at radius 1 is 1.06 bits per heavy atom. The molecule has 1 atom stereocenters. The molecule has 1 aliphatic rings. The Labute approximate surface area is 112 Å². The zero-order chi connectivity index (χ0) is 13.5. The fraction of sp³-hybridized carbons (Fsp3) is 0.588. The molecule has 1 heteroatoms. The van der Waals surface area contributed by atoms with Crippen LogP contribution in [0.5, 0.6) is 0 Å². The van der Waals surface area contributed by atoms with E-state index in [-0.39, 0.29) is 5.92 Å². The van der Waals surface area contributed by atoms with Crippen LogP contribution in [0.25, 0.3) is 0 Å². The SMILES string of the molecule is CC(=O)C1CC/C(C)=C\CC/C(C)=C/C/C=C/1C. The Morgan fingerprint density at radius 3 is 2.39 bits per heavy atom. The smallest absolute Gasteiger partial charge is 0.136 e. The second-order valence-electron chi connectivity index (χ2n) is 5.53. The van der Waals surface area contributed by atoms with Gasteiger partial charge in [-0.15, -0.1) is 0 Å². The van der Waals surface area contributed by atoms with Crippen LogP contribution in [0.15, 0.2) is 34.9 Å². The highest BCUT2D eigenvalue weighted by molar-refractivity contribution is 5.81. The van der Waals surface area contributed by atoms with Gasteiger partial charge in [-0.25, -0.2) is 0 Å². The average Bonchev–Trinajstić information content (AvgIpc) is 2.27. The van der Waals surface area contributed by atoms with Gasteiger partial charge in [-0.05, 0) is 59.8 Å². The van der Waals surface area contributed by atoms with E-state index < -0.39 is 0 Å². The third-order valence-corrected chi connectivity index (χ3v) is 3.81. The predicted octanol–water partition coefficient (Wildman–Crippen LogP) is 4.99. The number of allylic oxidation sites excluding steroid dienone is 6. The third-order valence-electron chi connectivity index (χ3n) is 3.81. The first-order valence-corrected chi connectivity index (χ1v) is 6.99. The first-order chi connectivity index (χ1) is 8.50. The second kappa shape index (κ2) is 7.35. The number of ketones is 1. The monoisotopic (exact) mass is 246 g/mol. The summed E-state index contributed by atoms with van der Waals surface area (Å²) in [6.45, 7) is 8.19. The van der Waals surface area contributed by atoms with Crippen molar-refractivity contribution in [2.24, 2.45) is 5.92 Å². The van der Waals surface area contributed by atoms with E-state index in [0.29, 0.717) is 5.78 Å². The molecule has 100 valence electrons. The summed E-state index contributed by atoms with van der Waals surface area (Å²) in [7, 11) is 0. The normalized spacial score (nSPS) is 31.8. The molecule has 0 bridgehead atoms. The molecule has 0 fully saturated rings. The number of hydrogen-bond donors (Lipinski definition) is 0. The molecule has 0 aromatic carbocycles. The topological polar surface area (TPSA) is 17.1 Å². The van der Waals surface area contributed by atoms with E-state index in [0.717, 1.165) is 32.1 Å². The second-order valence-corrected chi connectivity index (χ2v) is 5.53. The van der Waals surface area contributed by atoms with E-state index in [4.69, 9.17) is 0 Å². The van der Waals surface area contributed by atoms with Gasteiger partial charge in [-0.2, -0.15) is 0 Å². The van der Waals surface area contributed by atoms with Gasteiger partial charge in [0.1, 0.15) is 5.78 Å². The van der Waals surface area contributed by atoms with Gasteiger partial charge in [0, 0.05) is 5.92 Å². The molecule has 0 saturated carbocycles. The van der Waals surface area contributed by atoms with Gasteiger partial charge in [0.15, 0.2) is 0 Å². The number of Topliss-reactive ketones (excluding diaryl/α,β-unsaturated/α-hetero) is 1. The standard InChI is InChI=1S/C17H26O/c1-13-7-5-8-14(2)11-12-17(16(4)18)15(3)10-6-9-13/h8-10,17H,5-7,11-12H2,1-4H3/b13-9+,14-8-,15-10+. The van der Waals surface area contributed by atoms with Crippen LogP contribution in [-0.4, -0.2) is 5.78 Å². The fourth-order valence-corrected chi connectivity index (χ4v) is 2.46. The molecule has 1 unspecified atom stereocenters. The summed E-state index contributed by atoms with van der Waals surface area (Å²) in [5, 5.41) is 0. The van der Waals surface area contributed by atoms with Crippen LogP contribution in [0.4, 0.5) is 0 Å². The quantitative estimate of drug-likeness (QED) is 0.595. The van der Waals surface area contributed by atoms with Crippen LogP contribution in [0.3, 0.4) is 0 Å². The maximum absolute atomic E-state index is 11.7. The van der Waals surface area contributed by atoms with Crippen LogP contribution < -0.4 is 0 Å². The summed E-state index contributed by atoms with van der Waals surface area (Å²) in [6, 6.07) is 0. The van der Waals surface area contributed by atoms with Crippen molar-refractivity contribution in [3.05, 3.63) is 34.9 Å². The minimum Gasteiger partial charge on any atom is -0.299 e. The molecule has 0 amide bonds. The van der Waals surface area contributed by atoms with Crippen molar-refractivity contribution in [3.63, 3.8) is 0 Å². The number of carbonyl (C=O) groups is 1. The highest BCUT2D eigenvalue weighted by Gasteiger charge is 2.15. The lowest BCUT2D eigenvalue weighted by Gasteiger charge is -2.15. The Kier molecular flexibility index (Phi) is 6.11. The van der Waals surface area contributed by atoms with Crippen molar-refractivity contribution < 1.29 is 4.79 Å². The zero-order valence-corrected chi connectivity index (χ0v) is 12.3. The summed E-state index contributed by atoms with van der Waals surface area (Å²) in [5.41, 5.74) is 4.10. The molecule has 0 aromatic heterocycles. The molecular weight excluding hydrogens is 220 g/mol. The molecule has 0 heterocycles. The van der Waals surface area contributed by atoms with Gasteiger partial charge >= 0.3 is 0 Å². The third kappa shape index (κ3) is 5.03. The summed E-state index contributed by atoms with van der Waals surface area (Å²) in [6.07, 6.45) is 12.1. The molecule has 1 nitrogen and oxygen atoms in total. The van der Waals surface area contributed by atoms with Crippen molar-refractivity contribution in [3.8, 4) is 0 Å². The molecule has 0 aliphatic heterocycles. The van der Waals surface area contributed by atoms with Crippen LogP contribution >= 0.6 is 0 Å². The van der Waals surface area contributed by atoms with Gasteiger partial charge in [-0.1, -0.05) is 34.9 Å². The van der Waals surface area contributed by atoms with Crippen LogP contribution in [0.2, 0.25) is 0 Å². The lowest BCUT2D eigenvalue weighted by molar-refractivity contribution is -0.119. The minimum absolute atomic E-state index is 0.112. The number of hydrogen-bond acceptors (Lipinski definition) is 1. The van der Waals surface area contributed by atoms with Crippen LogP contribution in [0.1, 0.15) is 59.8 Å². The average molecular weight is 246 g/mol. The number of carbonyl (C=O) groups excluding carboxylic acids is 1. The summed E-state index contributed by atoms with van der Waals surface area (Å²) >= 11 is 0. The molecule has 0 radical (unpaired) electrons. The zero-order valence-electron chi connectivity index (χ0n) is 12.3. The molecule has 0 N–H and O–H groups in total. The summed E-state index contributed by atoms with van der Waals surface area (Å²) in [5.74, 6) is 0.413. The van der Waals surface area contributed by atoms with E-state index in [9.17, 15) is 4.79 Å². The van der Waals surface area contributed by atoms with E-state index in [1.807, 2.05) is 0 Å². The predicted molar refractivity (Wildman–Crippen MR) is 78.5 cm³/mol. The van der Waals surface area contributed by atoms with Gasteiger partial charge in [0.25, 0.3) is 0 Å². The molecule has 1 aliphatic carbocycles. The lowest BCUT2D eigenvalue weighted by atomic mass is 9.89. The lowest BCUT2D eigenvalue weighted by Crippen LogP contribution is -2.12. The van der Waals surface area contributed by atoms with Crippen molar-refractivity contribution in [1.29, 1.82) is 0 Å². The van der Waals surface area contributed by atoms with Crippen LogP contribution in [-0.2, 0) is 4.79 Å². The van der Waals surface area contributed by atoms with Gasteiger partial charge in [0.2, 0.25) is 0 Å². The van der Waals surface area contributed by atoms with E-state index in [1.165, 1.54) is 16.7 Å². The Morgan fingerprint density at radius 2 is 1.72 bits per heavy atom. The summed E-state index contributed by atoms with van der Waals surface area (Å²) in [4.78, 5) is 11.7. The van der Waals surface area contributed by atoms with Gasteiger partial charge < -0.3 is 0 Å². The molecule has 0 spiro atoms. The minimum atomic E-state index is 0.112. The maximum Gasteiger partial charge on any atom is 0.136 e. The van der Waals surface area contributed by atoms with Crippen LogP contribution in [0, 0.1) is 5.92 Å². The van der Waals surface area contributed by atoms with Gasteiger partial charge in [-0.3, -0.25) is 4.79 Å². The van der Waals surface area contributed by atoms with Crippen molar-refractivity contribution in [2.75, 3.05) is 0 Å². The first-order valence-electron chi connectivity index (χ1n) is 6.99. The van der Waals surface area contributed by atoms with E-state index >= 15 is 0 Å². The molecule has 18 heavy (non-hydrogen) atoms. The van der Waals surface area contributed by atoms with Gasteiger partial charge in [0.05, 0.1) is 0 Å². The Bertz CT molecular complexity index is 382. The molecule has 1 rings (SSSR count). The van der Waals surface area contributed by atoms with Crippen molar-refractivity contribution in [2.45, 2.75) is 59.8 Å². The molecule has 0 aromatic rings. The first kappa shape index (κ1) is 14.9. The largest absolute Gasteiger partial charge is 0.299 e. The highest BCUT2D eigenvalue weighted by atomic mass is 16.1. The van der Waals surface area contributed by atoms with E-state index in [1.54, 1.807) is 6.92 Å². The number of rotatable bonds is 1. The molecular formula is C17H26O. The Hall–Kier alpha value is -1.11. The van der Waals surface area contributed by atoms with Crippen molar-refractivity contribution >= 4 is 5.78 Å².